The Morgan fingerprint density at radius 2 is 1.79 bits per heavy atom. The van der Waals surface area contributed by atoms with Crippen molar-refractivity contribution in [3.63, 3.8) is 0 Å². The zero-order valence-electron chi connectivity index (χ0n) is 18.3. The molecule has 3 aromatic carbocycles. The maximum absolute atomic E-state index is 13.6. The highest BCUT2D eigenvalue weighted by Gasteiger charge is 2.29. The molecule has 3 rings (SSSR count). The predicted octanol–water partition coefficient (Wildman–Crippen LogP) is 4.46. The molecular formula is C24H25FN2O4S2. The normalized spacial score (nSPS) is 11.1. The Labute approximate surface area is 197 Å². The third-order valence-corrected chi connectivity index (χ3v) is 7.26. The van der Waals surface area contributed by atoms with Crippen molar-refractivity contribution in [3.05, 3.63) is 84.2 Å². The Kier molecular flexibility index (Phi) is 8.35. The van der Waals surface area contributed by atoms with Gasteiger partial charge in [-0.25, -0.2) is 12.8 Å². The molecule has 0 radical (unpaired) electrons. The van der Waals surface area contributed by atoms with Crippen LogP contribution in [-0.2, 0) is 21.4 Å². The largest absolute Gasteiger partial charge is 0.492 e. The Bertz CT molecular complexity index is 1200. The summed E-state index contributed by atoms with van der Waals surface area (Å²) in [5.74, 6) is -0.595. The summed E-state index contributed by atoms with van der Waals surface area (Å²) >= 11 is 1.50. The molecule has 0 bridgehead atoms. The lowest BCUT2D eigenvalue weighted by molar-refractivity contribution is -0.119. The van der Waals surface area contributed by atoms with E-state index >= 15 is 0 Å². The van der Waals surface area contributed by atoms with Crippen LogP contribution in [0, 0.1) is 5.82 Å². The van der Waals surface area contributed by atoms with Crippen molar-refractivity contribution in [1.82, 2.24) is 5.32 Å². The first-order chi connectivity index (χ1) is 15.8. The van der Waals surface area contributed by atoms with E-state index in [1.807, 2.05) is 6.26 Å². The fourth-order valence-corrected chi connectivity index (χ4v) is 4.99. The van der Waals surface area contributed by atoms with Crippen LogP contribution in [0.1, 0.15) is 12.5 Å². The Balaban J connectivity index is 1.92. The third-order valence-electron chi connectivity index (χ3n) is 4.75. The van der Waals surface area contributed by atoms with Crippen molar-refractivity contribution in [3.8, 4) is 5.75 Å². The number of anilines is 1. The fraction of sp³-hybridized carbons (Fsp3) is 0.208. The first-order valence-corrected chi connectivity index (χ1v) is 12.9. The van der Waals surface area contributed by atoms with E-state index in [1.54, 1.807) is 55.5 Å². The van der Waals surface area contributed by atoms with Gasteiger partial charge in [-0.1, -0.05) is 24.3 Å². The standard InChI is InChI=1S/C24H25FN2O4S2/c1-3-31-23-10-5-4-9-22(23)27(33(29,30)21-13-11-20(32-2)12-14-21)17-24(28)26-16-18-7-6-8-19(25)15-18/h4-15H,3,16-17H2,1-2H3,(H,26,28). The van der Waals surface area contributed by atoms with E-state index in [-0.39, 0.29) is 17.1 Å². The molecule has 0 aliphatic rings. The average molecular weight is 489 g/mol. The van der Waals surface area contributed by atoms with E-state index in [2.05, 4.69) is 5.32 Å². The molecule has 0 fully saturated rings. The molecule has 174 valence electrons. The molecule has 0 aromatic heterocycles. The van der Waals surface area contributed by atoms with Crippen molar-refractivity contribution >= 4 is 33.4 Å². The highest BCUT2D eigenvalue weighted by atomic mass is 32.2. The molecule has 6 nitrogen and oxygen atoms in total. The number of hydrogen-bond acceptors (Lipinski definition) is 5. The summed E-state index contributed by atoms with van der Waals surface area (Å²) in [5.41, 5.74) is 0.828. The minimum atomic E-state index is -4.08. The van der Waals surface area contributed by atoms with Gasteiger partial charge in [-0.05, 0) is 67.3 Å². The van der Waals surface area contributed by atoms with Gasteiger partial charge in [0.1, 0.15) is 18.1 Å². The van der Waals surface area contributed by atoms with Gasteiger partial charge in [-0.2, -0.15) is 0 Å². The van der Waals surface area contributed by atoms with Crippen LogP contribution in [0.2, 0.25) is 0 Å². The smallest absolute Gasteiger partial charge is 0.264 e. The highest BCUT2D eigenvalue weighted by Crippen LogP contribution is 2.32. The third kappa shape index (κ3) is 6.27. The molecule has 1 amide bonds. The Morgan fingerprint density at radius 3 is 2.45 bits per heavy atom. The van der Waals surface area contributed by atoms with Crippen LogP contribution in [0.3, 0.4) is 0 Å². The van der Waals surface area contributed by atoms with E-state index in [9.17, 15) is 17.6 Å². The van der Waals surface area contributed by atoms with Crippen LogP contribution in [-0.4, -0.2) is 33.7 Å². The molecule has 33 heavy (non-hydrogen) atoms. The summed E-state index contributed by atoms with van der Waals surface area (Å²) in [6.45, 7) is 1.73. The zero-order valence-corrected chi connectivity index (χ0v) is 20.0. The van der Waals surface area contributed by atoms with Gasteiger partial charge in [0, 0.05) is 11.4 Å². The van der Waals surface area contributed by atoms with Crippen LogP contribution >= 0.6 is 11.8 Å². The molecule has 0 saturated heterocycles. The number of thioether (sulfide) groups is 1. The van der Waals surface area contributed by atoms with Crippen molar-refractivity contribution < 1.29 is 22.3 Å². The molecule has 0 unspecified atom stereocenters. The molecule has 9 heteroatoms. The molecule has 0 heterocycles. The van der Waals surface area contributed by atoms with E-state index in [0.717, 1.165) is 9.20 Å². The molecule has 0 atom stereocenters. The maximum atomic E-state index is 13.6. The van der Waals surface area contributed by atoms with Crippen molar-refractivity contribution in [1.29, 1.82) is 0 Å². The number of carbonyl (C=O) groups excluding carboxylic acids is 1. The first kappa shape index (κ1) is 24.6. The van der Waals surface area contributed by atoms with Gasteiger partial charge < -0.3 is 10.1 Å². The van der Waals surface area contributed by atoms with Crippen molar-refractivity contribution in [2.24, 2.45) is 0 Å². The summed E-state index contributed by atoms with van der Waals surface area (Å²) < 4.78 is 47.2. The SMILES string of the molecule is CCOc1ccccc1N(CC(=O)NCc1cccc(F)c1)S(=O)(=O)c1ccc(SC)cc1. The second kappa shape index (κ2) is 11.2. The number of rotatable bonds is 10. The summed E-state index contributed by atoms with van der Waals surface area (Å²) in [4.78, 5) is 13.8. The van der Waals surface area contributed by atoms with E-state index in [1.165, 1.54) is 36.0 Å². The first-order valence-electron chi connectivity index (χ1n) is 10.2. The molecular weight excluding hydrogens is 463 g/mol. The number of amides is 1. The van der Waals surface area contributed by atoms with E-state index in [0.29, 0.717) is 17.9 Å². The fourth-order valence-electron chi connectivity index (χ4n) is 3.15. The van der Waals surface area contributed by atoms with Crippen LogP contribution in [0.4, 0.5) is 10.1 Å². The Morgan fingerprint density at radius 1 is 1.06 bits per heavy atom. The predicted molar refractivity (Wildman–Crippen MR) is 129 cm³/mol. The van der Waals surface area contributed by atoms with Crippen molar-refractivity contribution in [2.45, 2.75) is 23.3 Å². The summed E-state index contributed by atoms with van der Waals surface area (Å²) in [5, 5.41) is 2.66. The topological polar surface area (TPSA) is 75.7 Å². The molecule has 0 aliphatic heterocycles. The molecule has 3 aromatic rings. The van der Waals surface area contributed by atoms with Gasteiger partial charge in [0.15, 0.2) is 0 Å². The quantitative estimate of drug-likeness (QED) is 0.427. The van der Waals surface area contributed by atoms with E-state index < -0.39 is 28.3 Å². The van der Waals surface area contributed by atoms with E-state index in [4.69, 9.17) is 4.74 Å². The minimum absolute atomic E-state index is 0.0598. The van der Waals surface area contributed by atoms with Crippen LogP contribution in [0.5, 0.6) is 5.75 Å². The number of sulfonamides is 1. The van der Waals surface area contributed by atoms with Gasteiger partial charge in [-0.3, -0.25) is 9.10 Å². The number of hydrogen-bond donors (Lipinski definition) is 1. The number of nitrogens with zero attached hydrogens (tertiary/aromatic N) is 1. The Hall–Kier alpha value is -3.04. The van der Waals surface area contributed by atoms with Gasteiger partial charge >= 0.3 is 0 Å². The maximum Gasteiger partial charge on any atom is 0.264 e. The number of carbonyl (C=O) groups is 1. The van der Waals surface area contributed by atoms with Crippen LogP contribution in [0.15, 0.2) is 82.6 Å². The number of para-hydroxylation sites is 2. The number of nitrogens with one attached hydrogen (secondary N) is 1. The van der Waals surface area contributed by atoms with Crippen LogP contribution < -0.4 is 14.4 Å². The van der Waals surface area contributed by atoms with Gasteiger partial charge in [-0.15, -0.1) is 11.8 Å². The molecule has 0 aliphatic carbocycles. The number of ether oxygens (including phenoxy) is 1. The van der Waals surface area contributed by atoms with Gasteiger partial charge in [0.05, 0.1) is 17.2 Å². The summed E-state index contributed by atoms with van der Waals surface area (Å²) in [6, 6.07) is 19.0. The second-order valence-corrected chi connectivity index (χ2v) is 9.74. The zero-order chi connectivity index (χ0) is 23.8. The number of benzene rings is 3. The lowest BCUT2D eigenvalue weighted by Crippen LogP contribution is -2.40. The lowest BCUT2D eigenvalue weighted by atomic mass is 10.2. The average Bonchev–Trinajstić information content (AvgIpc) is 2.82. The van der Waals surface area contributed by atoms with Gasteiger partial charge in [0.2, 0.25) is 5.91 Å². The summed E-state index contributed by atoms with van der Waals surface area (Å²) in [6.07, 6.45) is 1.90. The minimum Gasteiger partial charge on any atom is -0.492 e. The highest BCUT2D eigenvalue weighted by molar-refractivity contribution is 7.98. The summed E-state index contributed by atoms with van der Waals surface area (Å²) in [7, 11) is -4.08. The molecule has 0 spiro atoms. The van der Waals surface area contributed by atoms with Crippen molar-refractivity contribution in [2.75, 3.05) is 23.7 Å². The lowest BCUT2D eigenvalue weighted by Gasteiger charge is -2.26. The molecule has 0 saturated carbocycles. The molecule has 1 N–H and O–H groups in total. The van der Waals surface area contributed by atoms with Crippen LogP contribution in [0.25, 0.3) is 0 Å². The number of halogens is 1. The monoisotopic (exact) mass is 488 g/mol. The van der Waals surface area contributed by atoms with Gasteiger partial charge in [0.25, 0.3) is 10.0 Å². The second-order valence-electron chi connectivity index (χ2n) is 6.99.